The summed E-state index contributed by atoms with van der Waals surface area (Å²) in [5, 5.41) is 0. The first kappa shape index (κ1) is 14.3. The van der Waals surface area contributed by atoms with E-state index < -0.39 is 0 Å². The van der Waals surface area contributed by atoms with Crippen molar-refractivity contribution in [3.8, 4) is 0 Å². The molecule has 1 fully saturated rings. The van der Waals surface area contributed by atoms with Crippen molar-refractivity contribution in [2.24, 2.45) is 11.7 Å². The lowest BCUT2D eigenvalue weighted by Crippen LogP contribution is -2.48. The summed E-state index contributed by atoms with van der Waals surface area (Å²) < 4.78 is 0. The van der Waals surface area contributed by atoms with E-state index in [0.29, 0.717) is 23.6 Å². The van der Waals surface area contributed by atoms with Crippen molar-refractivity contribution >= 4 is 11.8 Å². The zero-order valence-corrected chi connectivity index (χ0v) is 12.7. The Morgan fingerprint density at radius 3 is 2.00 bits per heavy atom. The smallest absolute Gasteiger partial charge is 0.262 e. The summed E-state index contributed by atoms with van der Waals surface area (Å²) in [5.74, 6) is 0.0509. The van der Waals surface area contributed by atoms with Crippen molar-refractivity contribution < 1.29 is 9.59 Å². The van der Waals surface area contributed by atoms with Gasteiger partial charge in [0.1, 0.15) is 0 Å². The number of nitrogens with two attached hydrogens (primary N) is 1. The van der Waals surface area contributed by atoms with Crippen LogP contribution in [0.15, 0.2) is 12.1 Å². The summed E-state index contributed by atoms with van der Waals surface area (Å²) in [4.78, 5) is 27.0. The predicted octanol–water partition coefficient (Wildman–Crippen LogP) is 2.42. The Morgan fingerprint density at radius 2 is 1.57 bits per heavy atom. The van der Waals surface area contributed by atoms with Crippen molar-refractivity contribution in [3.63, 3.8) is 0 Å². The third kappa shape index (κ3) is 2.09. The lowest BCUT2D eigenvalue weighted by Gasteiger charge is -2.30. The van der Waals surface area contributed by atoms with Crippen LogP contribution in [0, 0.1) is 19.8 Å². The van der Waals surface area contributed by atoms with Crippen LogP contribution in [-0.2, 0) is 0 Å². The number of carbonyl (C=O) groups is 2. The summed E-state index contributed by atoms with van der Waals surface area (Å²) in [6.45, 7) is 4.13. The Morgan fingerprint density at radius 1 is 1.10 bits per heavy atom. The van der Waals surface area contributed by atoms with Gasteiger partial charge in [0.05, 0.1) is 17.2 Å². The standard InChI is InChI=1S/C17H22N2O2/c1-10-7-8-11(2)15-14(10)16(20)19(17(15)21)13(9-18)12-5-3-4-6-12/h7-8,12-13H,3-6,9,18H2,1-2H3. The molecule has 112 valence electrons. The highest BCUT2D eigenvalue weighted by Gasteiger charge is 2.44. The number of rotatable bonds is 3. The highest BCUT2D eigenvalue weighted by molar-refractivity contribution is 6.22. The molecule has 0 aromatic heterocycles. The lowest BCUT2D eigenvalue weighted by atomic mass is 9.96. The van der Waals surface area contributed by atoms with Crippen LogP contribution < -0.4 is 5.73 Å². The first-order valence-corrected chi connectivity index (χ1v) is 7.74. The predicted molar refractivity (Wildman–Crippen MR) is 81.2 cm³/mol. The zero-order valence-electron chi connectivity index (χ0n) is 12.7. The minimum atomic E-state index is -0.154. The molecule has 1 heterocycles. The van der Waals surface area contributed by atoms with E-state index in [1.54, 1.807) is 0 Å². The van der Waals surface area contributed by atoms with Gasteiger partial charge in [0.15, 0.2) is 0 Å². The minimum Gasteiger partial charge on any atom is -0.328 e. The monoisotopic (exact) mass is 286 g/mol. The van der Waals surface area contributed by atoms with E-state index in [1.807, 2.05) is 26.0 Å². The van der Waals surface area contributed by atoms with Crippen molar-refractivity contribution in [2.75, 3.05) is 6.54 Å². The SMILES string of the molecule is Cc1ccc(C)c2c1C(=O)N(C(CN)C1CCCC1)C2=O. The van der Waals surface area contributed by atoms with E-state index in [0.717, 1.165) is 24.0 Å². The number of hydrogen-bond acceptors (Lipinski definition) is 3. The van der Waals surface area contributed by atoms with Crippen molar-refractivity contribution in [2.45, 2.75) is 45.6 Å². The van der Waals surface area contributed by atoms with E-state index in [1.165, 1.54) is 17.7 Å². The molecular weight excluding hydrogens is 264 g/mol. The van der Waals surface area contributed by atoms with E-state index in [4.69, 9.17) is 5.73 Å². The molecule has 21 heavy (non-hydrogen) atoms. The molecule has 3 rings (SSSR count). The molecule has 4 nitrogen and oxygen atoms in total. The van der Waals surface area contributed by atoms with Gasteiger partial charge < -0.3 is 5.73 Å². The first-order chi connectivity index (χ1) is 10.1. The molecule has 0 radical (unpaired) electrons. The van der Waals surface area contributed by atoms with Crippen LogP contribution in [0.5, 0.6) is 0 Å². The van der Waals surface area contributed by atoms with Gasteiger partial charge in [-0.25, -0.2) is 0 Å². The maximum Gasteiger partial charge on any atom is 0.262 e. The normalized spacial score (nSPS) is 20.2. The molecule has 1 aliphatic heterocycles. The van der Waals surface area contributed by atoms with Gasteiger partial charge in [-0.1, -0.05) is 25.0 Å². The summed E-state index contributed by atoms with van der Waals surface area (Å²) >= 11 is 0. The molecule has 2 aliphatic rings. The van der Waals surface area contributed by atoms with Gasteiger partial charge in [0, 0.05) is 6.54 Å². The summed E-state index contributed by atoms with van der Waals surface area (Å²) in [5.41, 5.74) is 8.83. The summed E-state index contributed by atoms with van der Waals surface area (Å²) in [6.07, 6.45) is 4.46. The number of nitrogens with zero attached hydrogens (tertiary/aromatic N) is 1. The third-order valence-corrected chi connectivity index (χ3v) is 5.00. The fraction of sp³-hybridized carbons (Fsp3) is 0.529. The number of fused-ring (bicyclic) bond motifs is 1. The summed E-state index contributed by atoms with van der Waals surface area (Å²) in [6, 6.07) is 3.67. The van der Waals surface area contributed by atoms with Crippen LogP contribution in [0.3, 0.4) is 0 Å². The van der Waals surface area contributed by atoms with Crippen molar-refractivity contribution in [1.82, 2.24) is 4.90 Å². The van der Waals surface area contributed by atoms with E-state index in [9.17, 15) is 9.59 Å². The Bertz CT molecular complexity index is 562. The van der Waals surface area contributed by atoms with Crippen molar-refractivity contribution in [1.29, 1.82) is 0 Å². The van der Waals surface area contributed by atoms with Gasteiger partial charge in [-0.2, -0.15) is 0 Å². The molecule has 1 aromatic carbocycles. The van der Waals surface area contributed by atoms with E-state index in [2.05, 4.69) is 0 Å². The first-order valence-electron chi connectivity index (χ1n) is 7.74. The molecule has 2 N–H and O–H groups in total. The quantitative estimate of drug-likeness (QED) is 0.868. The molecule has 4 heteroatoms. The molecule has 2 amide bonds. The van der Waals surface area contributed by atoms with Crippen LogP contribution >= 0.6 is 0 Å². The third-order valence-electron chi connectivity index (χ3n) is 5.00. The van der Waals surface area contributed by atoms with Gasteiger partial charge in [-0.05, 0) is 43.7 Å². The molecule has 0 spiro atoms. The van der Waals surface area contributed by atoms with Gasteiger partial charge in [0.25, 0.3) is 11.8 Å². The number of hydrogen-bond donors (Lipinski definition) is 1. The second-order valence-electron chi connectivity index (χ2n) is 6.28. The molecular formula is C17H22N2O2. The second kappa shape index (κ2) is 5.26. The number of amides is 2. The maximum absolute atomic E-state index is 12.8. The fourth-order valence-corrected chi connectivity index (χ4v) is 3.85. The molecule has 1 aliphatic carbocycles. The van der Waals surface area contributed by atoms with Gasteiger partial charge in [0.2, 0.25) is 0 Å². The van der Waals surface area contributed by atoms with E-state index in [-0.39, 0.29) is 17.9 Å². The molecule has 1 atom stereocenters. The Kier molecular flexibility index (Phi) is 3.57. The average Bonchev–Trinajstić information content (AvgIpc) is 3.06. The second-order valence-corrected chi connectivity index (χ2v) is 6.28. The highest BCUT2D eigenvalue weighted by atomic mass is 16.2. The maximum atomic E-state index is 12.8. The number of imide groups is 1. The van der Waals surface area contributed by atoms with Crippen LogP contribution in [0.25, 0.3) is 0 Å². The number of carbonyl (C=O) groups excluding carboxylic acids is 2. The van der Waals surface area contributed by atoms with Crippen molar-refractivity contribution in [3.05, 3.63) is 34.4 Å². The Labute approximate surface area is 125 Å². The van der Waals surface area contributed by atoms with Gasteiger partial charge >= 0.3 is 0 Å². The topological polar surface area (TPSA) is 63.4 Å². The van der Waals surface area contributed by atoms with Crippen LogP contribution in [-0.4, -0.2) is 29.3 Å². The van der Waals surface area contributed by atoms with Crippen LogP contribution in [0.4, 0.5) is 0 Å². The van der Waals surface area contributed by atoms with Gasteiger partial charge in [-0.15, -0.1) is 0 Å². The largest absolute Gasteiger partial charge is 0.328 e. The minimum absolute atomic E-state index is 0.154. The zero-order chi connectivity index (χ0) is 15.1. The lowest BCUT2D eigenvalue weighted by molar-refractivity contribution is 0.0535. The Hall–Kier alpha value is -1.68. The van der Waals surface area contributed by atoms with E-state index >= 15 is 0 Å². The average molecular weight is 286 g/mol. The molecule has 0 bridgehead atoms. The van der Waals surface area contributed by atoms with Gasteiger partial charge in [-0.3, -0.25) is 14.5 Å². The molecule has 1 aromatic rings. The molecule has 1 unspecified atom stereocenters. The number of aryl methyl sites for hydroxylation is 2. The summed E-state index contributed by atoms with van der Waals surface area (Å²) in [7, 11) is 0. The highest BCUT2D eigenvalue weighted by Crippen LogP contribution is 2.35. The Balaban J connectivity index is 2.02. The number of benzene rings is 1. The fourth-order valence-electron chi connectivity index (χ4n) is 3.85. The van der Waals surface area contributed by atoms with Crippen LogP contribution in [0.2, 0.25) is 0 Å². The molecule has 0 saturated heterocycles. The van der Waals surface area contributed by atoms with Crippen LogP contribution in [0.1, 0.15) is 57.5 Å². The molecule has 1 saturated carbocycles.